The molecule has 0 radical (unpaired) electrons. The van der Waals surface area contributed by atoms with Crippen LogP contribution in [0.3, 0.4) is 0 Å². The van der Waals surface area contributed by atoms with Crippen molar-refractivity contribution in [3.8, 4) is 0 Å². The lowest BCUT2D eigenvalue weighted by Gasteiger charge is -2.21. The smallest absolute Gasteiger partial charge is 0.155 e. The van der Waals surface area contributed by atoms with Gasteiger partial charge in [-0.15, -0.1) is 0 Å². The van der Waals surface area contributed by atoms with Crippen molar-refractivity contribution in [2.45, 2.75) is 78.1 Å². The normalized spacial score (nSPS) is 12.8. The zero-order valence-electron chi connectivity index (χ0n) is 15.4. The Morgan fingerprint density at radius 2 is 1.12 bits per heavy atom. The van der Waals surface area contributed by atoms with Crippen LogP contribution in [0.25, 0.3) is 9.66 Å². The molecule has 0 atom stereocenters. The standard InChI is InChI=1S/C18H26N2O2S2/c1-11(21)7-9-17(3,4)15-19-13-14(23-15)20-16(24-13)18(5,6)10-8-12(2)22/h7-10H2,1-6H3. The van der Waals surface area contributed by atoms with Crippen LogP contribution >= 0.6 is 22.7 Å². The van der Waals surface area contributed by atoms with Crippen molar-refractivity contribution in [1.82, 2.24) is 9.97 Å². The maximum atomic E-state index is 11.3. The van der Waals surface area contributed by atoms with Crippen LogP contribution in [0.1, 0.15) is 77.2 Å². The number of carbonyl (C=O) groups excluding carboxylic acids is 2. The molecule has 0 aliphatic rings. The van der Waals surface area contributed by atoms with Crippen LogP contribution in [0.2, 0.25) is 0 Å². The highest BCUT2D eigenvalue weighted by Gasteiger charge is 2.29. The number of ketones is 2. The molecule has 132 valence electrons. The molecule has 24 heavy (non-hydrogen) atoms. The number of aromatic nitrogens is 2. The number of thiazole rings is 2. The van der Waals surface area contributed by atoms with Gasteiger partial charge < -0.3 is 9.59 Å². The summed E-state index contributed by atoms with van der Waals surface area (Å²) in [4.78, 5) is 34.0. The van der Waals surface area contributed by atoms with Gasteiger partial charge in [0.2, 0.25) is 0 Å². The molecule has 0 aliphatic heterocycles. The Balaban J connectivity index is 2.21. The van der Waals surface area contributed by atoms with E-state index in [-0.39, 0.29) is 22.4 Å². The molecule has 0 N–H and O–H groups in total. The van der Waals surface area contributed by atoms with E-state index in [9.17, 15) is 9.59 Å². The van der Waals surface area contributed by atoms with Crippen molar-refractivity contribution in [3.05, 3.63) is 10.0 Å². The second-order valence-electron chi connectivity index (χ2n) is 7.82. The molecule has 4 nitrogen and oxygen atoms in total. The van der Waals surface area contributed by atoms with Crippen LogP contribution in [-0.4, -0.2) is 21.5 Å². The van der Waals surface area contributed by atoms with E-state index >= 15 is 0 Å². The van der Waals surface area contributed by atoms with Crippen LogP contribution in [0.5, 0.6) is 0 Å². The number of hydrogen-bond donors (Lipinski definition) is 0. The minimum absolute atomic E-state index is 0.110. The number of hydrogen-bond acceptors (Lipinski definition) is 6. The Bertz CT molecular complexity index is 665. The highest BCUT2D eigenvalue weighted by atomic mass is 32.1. The van der Waals surface area contributed by atoms with Gasteiger partial charge in [-0.25, -0.2) is 9.97 Å². The third-order valence-electron chi connectivity index (χ3n) is 4.34. The fourth-order valence-electron chi connectivity index (χ4n) is 2.41. The van der Waals surface area contributed by atoms with Crippen molar-refractivity contribution >= 4 is 43.9 Å². The number of carbonyl (C=O) groups is 2. The average molecular weight is 367 g/mol. The van der Waals surface area contributed by atoms with E-state index < -0.39 is 0 Å². The Morgan fingerprint density at radius 3 is 1.42 bits per heavy atom. The average Bonchev–Trinajstić information content (AvgIpc) is 3.02. The predicted molar refractivity (Wildman–Crippen MR) is 101 cm³/mol. The van der Waals surface area contributed by atoms with Gasteiger partial charge in [0.1, 0.15) is 21.6 Å². The van der Waals surface area contributed by atoms with Crippen LogP contribution < -0.4 is 0 Å². The third kappa shape index (κ3) is 4.48. The Kier molecular flexibility index (Phi) is 5.60. The van der Waals surface area contributed by atoms with E-state index in [4.69, 9.17) is 9.97 Å². The Labute approximate surface area is 151 Å². The summed E-state index contributed by atoms with van der Waals surface area (Å²) >= 11 is 3.25. The summed E-state index contributed by atoms with van der Waals surface area (Å²) in [6.45, 7) is 11.8. The molecule has 0 saturated heterocycles. The molecule has 0 amide bonds. The Morgan fingerprint density at radius 1 is 0.792 bits per heavy atom. The van der Waals surface area contributed by atoms with Crippen molar-refractivity contribution in [3.63, 3.8) is 0 Å². The highest BCUT2D eigenvalue weighted by Crippen LogP contribution is 2.40. The first kappa shape index (κ1) is 19.2. The largest absolute Gasteiger partial charge is 0.300 e. The van der Waals surface area contributed by atoms with Gasteiger partial charge in [0.25, 0.3) is 0 Å². The van der Waals surface area contributed by atoms with E-state index in [0.29, 0.717) is 12.8 Å². The molecule has 2 rings (SSSR count). The van der Waals surface area contributed by atoms with E-state index in [2.05, 4.69) is 27.7 Å². The molecule has 0 unspecified atom stereocenters. The topological polar surface area (TPSA) is 59.9 Å². The van der Waals surface area contributed by atoms with Gasteiger partial charge in [0, 0.05) is 23.7 Å². The number of rotatable bonds is 8. The molecule has 0 aliphatic carbocycles. The lowest BCUT2D eigenvalue weighted by Crippen LogP contribution is -2.18. The van der Waals surface area contributed by atoms with Gasteiger partial charge >= 0.3 is 0 Å². The molecule has 2 aromatic heterocycles. The van der Waals surface area contributed by atoms with Crippen LogP contribution in [0, 0.1) is 0 Å². The van der Waals surface area contributed by atoms with E-state index in [1.807, 2.05) is 0 Å². The molecule has 6 heteroatoms. The minimum Gasteiger partial charge on any atom is -0.300 e. The zero-order chi connectivity index (χ0) is 18.1. The van der Waals surface area contributed by atoms with Crippen LogP contribution in [0.4, 0.5) is 0 Å². The summed E-state index contributed by atoms with van der Waals surface area (Å²) in [7, 11) is 0. The molecule has 0 fully saturated rings. The van der Waals surface area contributed by atoms with Crippen molar-refractivity contribution in [1.29, 1.82) is 0 Å². The molecule has 0 saturated carbocycles. The van der Waals surface area contributed by atoms with Gasteiger partial charge in [0.15, 0.2) is 9.66 Å². The second-order valence-corrected chi connectivity index (χ2v) is 9.78. The fraction of sp³-hybridized carbons (Fsp3) is 0.667. The summed E-state index contributed by atoms with van der Waals surface area (Å²) in [6, 6.07) is 0. The number of nitrogens with zero attached hydrogens (tertiary/aromatic N) is 2. The lowest BCUT2D eigenvalue weighted by atomic mass is 9.88. The summed E-state index contributed by atoms with van der Waals surface area (Å²) in [5.74, 6) is 0.433. The second kappa shape index (κ2) is 7.00. The summed E-state index contributed by atoms with van der Waals surface area (Å²) < 4.78 is 0. The van der Waals surface area contributed by atoms with Gasteiger partial charge in [0.05, 0.1) is 0 Å². The fourth-order valence-corrected chi connectivity index (χ4v) is 4.71. The lowest BCUT2D eigenvalue weighted by molar-refractivity contribution is -0.118. The third-order valence-corrected chi connectivity index (χ3v) is 7.10. The molecular weight excluding hydrogens is 340 g/mol. The van der Waals surface area contributed by atoms with Gasteiger partial charge in [-0.05, 0) is 26.7 Å². The molecule has 0 bridgehead atoms. The maximum Gasteiger partial charge on any atom is 0.155 e. The van der Waals surface area contributed by atoms with Crippen molar-refractivity contribution in [2.24, 2.45) is 0 Å². The first-order valence-corrected chi connectivity index (χ1v) is 9.92. The monoisotopic (exact) mass is 366 g/mol. The SMILES string of the molecule is CC(=O)CCC(C)(C)c1nc2sc(C(C)(C)CCC(C)=O)nc2s1. The molecular formula is C18H26N2O2S2. The molecule has 2 aromatic rings. The molecule has 0 spiro atoms. The number of fused-ring (bicyclic) bond motifs is 1. The van der Waals surface area contributed by atoms with Gasteiger partial charge in [-0.2, -0.15) is 0 Å². The molecule has 0 aromatic carbocycles. The quantitative estimate of drug-likeness (QED) is 0.656. The van der Waals surface area contributed by atoms with Gasteiger partial charge in [-0.3, -0.25) is 0 Å². The predicted octanol–water partition coefficient (Wildman–Crippen LogP) is 5.05. The van der Waals surface area contributed by atoms with E-state index in [0.717, 1.165) is 32.5 Å². The van der Waals surface area contributed by atoms with E-state index in [1.54, 1.807) is 36.5 Å². The highest BCUT2D eigenvalue weighted by molar-refractivity contribution is 7.26. The van der Waals surface area contributed by atoms with Crippen molar-refractivity contribution in [2.75, 3.05) is 0 Å². The first-order valence-electron chi connectivity index (χ1n) is 8.28. The zero-order valence-corrected chi connectivity index (χ0v) is 17.0. The summed E-state index contributed by atoms with van der Waals surface area (Å²) in [6.07, 6.45) is 2.77. The van der Waals surface area contributed by atoms with Crippen LogP contribution in [-0.2, 0) is 20.4 Å². The Hall–Kier alpha value is -1.14. The van der Waals surface area contributed by atoms with Crippen LogP contribution in [0.15, 0.2) is 0 Å². The summed E-state index contributed by atoms with van der Waals surface area (Å²) in [5.41, 5.74) is -0.220. The molecule has 2 heterocycles. The first-order chi connectivity index (χ1) is 11.0. The maximum absolute atomic E-state index is 11.3. The van der Waals surface area contributed by atoms with E-state index in [1.165, 1.54) is 0 Å². The number of Topliss-reactive ketones (excluding diaryl/α,β-unsaturated/α-hetero) is 2. The van der Waals surface area contributed by atoms with Crippen molar-refractivity contribution < 1.29 is 9.59 Å². The summed E-state index contributed by atoms with van der Waals surface area (Å²) in [5, 5.41) is 2.09. The van der Waals surface area contributed by atoms with Gasteiger partial charge in [-0.1, -0.05) is 50.4 Å². The minimum atomic E-state index is -0.110.